The highest BCUT2D eigenvalue weighted by molar-refractivity contribution is 7.14. The van der Waals surface area contributed by atoms with Gasteiger partial charge in [0.25, 0.3) is 0 Å². The van der Waals surface area contributed by atoms with Crippen LogP contribution in [0.2, 0.25) is 5.02 Å². The van der Waals surface area contributed by atoms with Crippen LogP contribution in [0.15, 0.2) is 36.4 Å². The van der Waals surface area contributed by atoms with Crippen LogP contribution >= 0.6 is 22.9 Å². The molecule has 0 aliphatic carbocycles. The number of aromatic nitrogens is 2. The van der Waals surface area contributed by atoms with E-state index in [1.165, 1.54) is 11.3 Å². The van der Waals surface area contributed by atoms with Crippen LogP contribution in [0, 0.1) is 20.8 Å². The fourth-order valence-corrected chi connectivity index (χ4v) is 4.38. The minimum atomic E-state index is -0.0470. The summed E-state index contributed by atoms with van der Waals surface area (Å²) in [5.74, 6) is -0.0240. The monoisotopic (exact) mass is 443 g/mol. The highest BCUT2D eigenvalue weighted by Gasteiger charge is 2.18. The normalized spacial score (nSPS) is 11.0. The summed E-state index contributed by atoms with van der Waals surface area (Å²) in [5.41, 5.74) is 3.93. The van der Waals surface area contributed by atoms with Crippen molar-refractivity contribution in [2.24, 2.45) is 0 Å². The minimum absolute atomic E-state index is 0.0229. The Balaban J connectivity index is 1.62. The molecule has 1 aromatic carbocycles. The Labute approximate surface area is 186 Å². The first kappa shape index (κ1) is 22.2. The molecular weight excluding hydrogens is 418 g/mol. The summed E-state index contributed by atoms with van der Waals surface area (Å²) >= 11 is 7.76. The lowest BCUT2D eigenvalue weighted by molar-refractivity contribution is -0.130. The lowest BCUT2D eigenvalue weighted by Gasteiger charge is -2.17. The lowest BCUT2D eigenvalue weighted by atomic mass is 10.1. The van der Waals surface area contributed by atoms with Gasteiger partial charge in [-0.3, -0.25) is 14.3 Å². The summed E-state index contributed by atoms with van der Waals surface area (Å²) in [7, 11) is 1.77. The van der Waals surface area contributed by atoms with Crippen molar-refractivity contribution < 1.29 is 9.59 Å². The number of hydrogen-bond acceptors (Lipinski definition) is 4. The summed E-state index contributed by atoms with van der Waals surface area (Å²) in [6.07, 6.45) is 0.436. The Hall–Kier alpha value is -2.44. The largest absolute Gasteiger partial charge is 0.341 e. The number of carbonyl (C=O) groups excluding carboxylic acids is 2. The minimum Gasteiger partial charge on any atom is -0.341 e. The zero-order valence-corrected chi connectivity index (χ0v) is 19.3. The van der Waals surface area contributed by atoms with Gasteiger partial charge in [0.1, 0.15) is 0 Å². The number of carbonyl (C=O) groups is 2. The van der Waals surface area contributed by atoms with E-state index in [0.29, 0.717) is 18.1 Å². The van der Waals surface area contributed by atoms with Crippen LogP contribution in [-0.2, 0) is 17.9 Å². The Kier molecular flexibility index (Phi) is 7.10. The van der Waals surface area contributed by atoms with Crippen molar-refractivity contribution in [2.45, 2.75) is 46.7 Å². The first-order valence-corrected chi connectivity index (χ1v) is 11.1. The van der Waals surface area contributed by atoms with E-state index in [0.717, 1.165) is 32.3 Å². The zero-order chi connectivity index (χ0) is 21.8. The predicted molar refractivity (Wildman–Crippen MR) is 121 cm³/mol. The molecule has 0 atom stereocenters. The number of thiophene rings is 1. The molecule has 1 amide bonds. The first-order valence-electron chi connectivity index (χ1n) is 9.86. The van der Waals surface area contributed by atoms with Gasteiger partial charge in [-0.2, -0.15) is 5.10 Å². The third kappa shape index (κ3) is 5.18. The smallest absolute Gasteiger partial charge is 0.223 e. The van der Waals surface area contributed by atoms with Gasteiger partial charge >= 0.3 is 0 Å². The number of benzene rings is 1. The van der Waals surface area contributed by atoms with Crippen molar-refractivity contribution in [3.8, 4) is 0 Å². The summed E-state index contributed by atoms with van der Waals surface area (Å²) in [6, 6.07) is 11.5. The average Bonchev–Trinajstić information content (AvgIpc) is 3.26. The molecule has 3 rings (SSSR count). The van der Waals surface area contributed by atoms with Gasteiger partial charge in [-0.25, -0.2) is 0 Å². The second kappa shape index (κ2) is 9.58. The maximum Gasteiger partial charge on any atom is 0.223 e. The molecule has 0 bridgehead atoms. The molecule has 0 radical (unpaired) electrons. The standard InChI is InChI=1S/C23H26ClN3O2S/c1-15-9-11-22(30-15)21(28)10-12-23(29)26(4)14-19-16(2)25-27(17(19)3)13-18-7-5-6-8-20(18)24/h5-9,11H,10,12-14H2,1-4H3. The number of aryl methyl sites for hydroxylation is 2. The van der Waals surface area contributed by atoms with E-state index in [4.69, 9.17) is 11.6 Å². The molecular formula is C23H26ClN3O2S. The van der Waals surface area contributed by atoms with E-state index in [2.05, 4.69) is 5.10 Å². The fraction of sp³-hybridized carbons (Fsp3) is 0.348. The van der Waals surface area contributed by atoms with Crippen molar-refractivity contribution in [3.05, 3.63) is 73.7 Å². The molecule has 2 heterocycles. The highest BCUT2D eigenvalue weighted by Crippen LogP contribution is 2.21. The number of Topliss-reactive ketones (excluding diaryl/α,β-unsaturated/α-hetero) is 1. The van der Waals surface area contributed by atoms with Crippen LogP contribution in [0.3, 0.4) is 0 Å². The average molecular weight is 444 g/mol. The number of ketones is 1. The molecule has 0 aliphatic heterocycles. The summed E-state index contributed by atoms with van der Waals surface area (Å²) in [5, 5.41) is 5.35. The van der Waals surface area contributed by atoms with Gasteiger partial charge in [0.2, 0.25) is 5.91 Å². The van der Waals surface area contributed by atoms with Gasteiger partial charge < -0.3 is 4.90 Å². The van der Waals surface area contributed by atoms with Crippen molar-refractivity contribution in [2.75, 3.05) is 7.05 Å². The Bertz CT molecular complexity index is 1070. The predicted octanol–water partition coefficient (Wildman–Crippen LogP) is 5.19. The van der Waals surface area contributed by atoms with Crippen LogP contribution in [-0.4, -0.2) is 33.4 Å². The van der Waals surface area contributed by atoms with Crippen LogP contribution in [0.5, 0.6) is 0 Å². The first-order chi connectivity index (χ1) is 14.3. The number of nitrogens with zero attached hydrogens (tertiary/aromatic N) is 3. The van der Waals surface area contributed by atoms with Gasteiger partial charge in [-0.15, -0.1) is 11.3 Å². The Morgan fingerprint density at radius 3 is 2.50 bits per heavy atom. The summed E-state index contributed by atoms with van der Waals surface area (Å²) in [4.78, 5) is 28.3. The maximum absolute atomic E-state index is 12.6. The molecule has 0 fully saturated rings. The van der Waals surface area contributed by atoms with E-state index >= 15 is 0 Å². The molecule has 0 saturated carbocycles. The van der Waals surface area contributed by atoms with Gasteiger partial charge in [-0.1, -0.05) is 29.8 Å². The van der Waals surface area contributed by atoms with E-state index in [9.17, 15) is 9.59 Å². The molecule has 3 aromatic rings. The van der Waals surface area contributed by atoms with E-state index in [1.807, 2.05) is 61.9 Å². The van der Waals surface area contributed by atoms with Crippen LogP contribution in [0.4, 0.5) is 0 Å². The number of amides is 1. The molecule has 0 spiro atoms. The second-order valence-electron chi connectivity index (χ2n) is 7.48. The second-order valence-corrected chi connectivity index (χ2v) is 9.18. The van der Waals surface area contributed by atoms with Crippen molar-refractivity contribution >= 4 is 34.6 Å². The van der Waals surface area contributed by atoms with Gasteiger partial charge in [0.15, 0.2) is 5.78 Å². The van der Waals surface area contributed by atoms with Gasteiger partial charge in [0, 0.05) is 47.6 Å². The molecule has 0 N–H and O–H groups in total. The van der Waals surface area contributed by atoms with E-state index < -0.39 is 0 Å². The van der Waals surface area contributed by atoms with Crippen LogP contribution in [0.25, 0.3) is 0 Å². The number of halogens is 1. The van der Waals surface area contributed by atoms with Crippen LogP contribution in [0.1, 0.15) is 49.9 Å². The van der Waals surface area contributed by atoms with Crippen molar-refractivity contribution in [3.63, 3.8) is 0 Å². The third-order valence-corrected chi connectivity index (χ3v) is 6.62. The lowest BCUT2D eigenvalue weighted by Crippen LogP contribution is -2.27. The van der Waals surface area contributed by atoms with E-state index in [-0.39, 0.29) is 24.5 Å². The molecule has 0 unspecified atom stereocenters. The third-order valence-electron chi connectivity index (χ3n) is 5.21. The quantitative estimate of drug-likeness (QED) is 0.450. The molecule has 2 aromatic heterocycles. The molecule has 30 heavy (non-hydrogen) atoms. The molecule has 5 nitrogen and oxygen atoms in total. The number of hydrogen-bond donors (Lipinski definition) is 0. The maximum atomic E-state index is 12.6. The Morgan fingerprint density at radius 2 is 1.83 bits per heavy atom. The zero-order valence-electron chi connectivity index (χ0n) is 17.7. The summed E-state index contributed by atoms with van der Waals surface area (Å²) < 4.78 is 1.92. The summed E-state index contributed by atoms with van der Waals surface area (Å²) in [6.45, 7) is 6.97. The SMILES string of the molecule is Cc1ccc(C(=O)CCC(=O)N(C)Cc2c(C)nn(Cc3ccccc3Cl)c2C)s1. The fourth-order valence-electron chi connectivity index (χ4n) is 3.35. The molecule has 0 aliphatic rings. The molecule has 0 saturated heterocycles. The van der Waals surface area contributed by atoms with Gasteiger partial charge in [0.05, 0.1) is 17.1 Å². The van der Waals surface area contributed by atoms with Crippen molar-refractivity contribution in [1.29, 1.82) is 0 Å². The molecule has 7 heteroatoms. The molecule has 158 valence electrons. The Morgan fingerprint density at radius 1 is 1.10 bits per heavy atom. The van der Waals surface area contributed by atoms with Gasteiger partial charge in [-0.05, 0) is 44.5 Å². The number of rotatable bonds is 8. The van der Waals surface area contributed by atoms with E-state index in [1.54, 1.807) is 11.9 Å². The topological polar surface area (TPSA) is 55.2 Å². The highest BCUT2D eigenvalue weighted by atomic mass is 35.5. The van der Waals surface area contributed by atoms with Crippen molar-refractivity contribution in [1.82, 2.24) is 14.7 Å². The van der Waals surface area contributed by atoms with Crippen LogP contribution < -0.4 is 0 Å².